The van der Waals surface area contributed by atoms with Crippen molar-refractivity contribution < 1.29 is 14.0 Å². The summed E-state index contributed by atoms with van der Waals surface area (Å²) in [6.45, 7) is 1.46. The van der Waals surface area contributed by atoms with Gasteiger partial charge >= 0.3 is 0 Å². The zero-order valence-electron chi connectivity index (χ0n) is 9.57. The minimum absolute atomic E-state index is 0.0999. The van der Waals surface area contributed by atoms with E-state index in [1.807, 2.05) is 0 Å². The summed E-state index contributed by atoms with van der Waals surface area (Å²) >= 11 is 3.13. The van der Waals surface area contributed by atoms with Gasteiger partial charge in [0.1, 0.15) is 0 Å². The second-order valence-corrected chi connectivity index (χ2v) is 4.38. The van der Waals surface area contributed by atoms with Crippen molar-refractivity contribution in [2.24, 2.45) is 0 Å². The van der Waals surface area contributed by atoms with Crippen molar-refractivity contribution in [3.05, 3.63) is 52.4 Å². The van der Waals surface area contributed by atoms with Gasteiger partial charge in [0.2, 0.25) is 0 Å². The van der Waals surface area contributed by atoms with Gasteiger partial charge < -0.3 is 9.73 Å². The molecular weight excluding hydrogens is 298 g/mol. The number of para-hydroxylation sites is 1. The molecule has 1 N–H and O–H groups in total. The zero-order chi connectivity index (χ0) is 13.1. The number of Topliss-reactive ketones (excluding diaryl/α,β-unsaturated/α-hetero) is 1. The Balaban J connectivity index is 2.28. The Bertz CT molecular complexity index is 604. The van der Waals surface area contributed by atoms with Gasteiger partial charge in [-0.2, -0.15) is 0 Å². The molecule has 1 amide bonds. The van der Waals surface area contributed by atoms with E-state index in [1.165, 1.54) is 13.2 Å². The average molecular weight is 308 g/mol. The molecule has 1 heterocycles. The molecule has 0 aliphatic heterocycles. The highest BCUT2D eigenvalue weighted by atomic mass is 79.9. The highest BCUT2D eigenvalue weighted by Crippen LogP contribution is 2.21. The van der Waals surface area contributed by atoms with Crippen LogP contribution < -0.4 is 5.32 Å². The van der Waals surface area contributed by atoms with Crippen LogP contribution in [0.2, 0.25) is 0 Å². The predicted octanol–water partition coefficient (Wildman–Crippen LogP) is 3.50. The van der Waals surface area contributed by atoms with Crippen LogP contribution in [0.15, 0.2) is 45.7 Å². The maximum atomic E-state index is 12.0. The first-order chi connectivity index (χ1) is 8.59. The topological polar surface area (TPSA) is 59.3 Å². The largest absolute Gasteiger partial charge is 0.457 e. The van der Waals surface area contributed by atoms with Crippen LogP contribution in [-0.4, -0.2) is 11.7 Å². The summed E-state index contributed by atoms with van der Waals surface area (Å²) in [5, 5.41) is 2.69. The summed E-state index contributed by atoms with van der Waals surface area (Å²) in [7, 11) is 0. The van der Waals surface area contributed by atoms with Gasteiger partial charge in [-0.25, -0.2) is 0 Å². The molecule has 0 saturated carbocycles. The molecule has 4 nitrogen and oxygen atoms in total. The lowest BCUT2D eigenvalue weighted by molar-refractivity contribution is 0.101. The van der Waals surface area contributed by atoms with Gasteiger partial charge in [0.15, 0.2) is 10.5 Å². The second kappa shape index (κ2) is 5.18. The van der Waals surface area contributed by atoms with Gasteiger partial charge in [0.25, 0.3) is 5.91 Å². The SMILES string of the molecule is CC(=O)c1ccccc1NC(=O)c1ccoc1Br. The molecule has 1 aromatic heterocycles. The van der Waals surface area contributed by atoms with Gasteiger partial charge in [-0.05, 0) is 41.1 Å². The molecule has 0 aliphatic rings. The van der Waals surface area contributed by atoms with E-state index >= 15 is 0 Å². The van der Waals surface area contributed by atoms with Gasteiger partial charge in [0.05, 0.1) is 17.5 Å². The average Bonchev–Trinajstić information content (AvgIpc) is 2.76. The highest BCUT2D eigenvalue weighted by molar-refractivity contribution is 9.10. The van der Waals surface area contributed by atoms with E-state index in [1.54, 1.807) is 30.3 Å². The number of nitrogens with one attached hydrogen (secondary N) is 1. The third-order valence-electron chi connectivity index (χ3n) is 2.42. The Morgan fingerprint density at radius 2 is 1.89 bits per heavy atom. The normalized spacial score (nSPS) is 10.1. The fourth-order valence-electron chi connectivity index (χ4n) is 1.54. The molecule has 18 heavy (non-hydrogen) atoms. The third-order valence-corrected chi connectivity index (χ3v) is 3.03. The number of amides is 1. The minimum Gasteiger partial charge on any atom is -0.457 e. The van der Waals surface area contributed by atoms with Crippen LogP contribution in [0.3, 0.4) is 0 Å². The number of furan rings is 1. The van der Waals surface area contributed by atoms with Gasteiger partial charge in [0, 0.05) is 5.56 Å². The standard InChI is InChI=1S/C13H10BrNO3/c1-8(16)9-4-2-3-5-11(9)15-13(17)10-6-7-18-12(10)14/h2-7H,1H3,(H,15,17). The molecule has 0 fully saturated rings. The number of carbonyl (C=O) groups is 2. The molecule has 0 saturated heterocycles. The lowest BCUT2D eigenvalue weighted by Crippen LogP contribution is -2.13. The molecule has 1 aromatic carbocycles. The molecule has 0 radical (unpaired) electrons. The summed E-state index contributed by atoms with van der Waals surface area (Å²) in [4.78, 5) is 23.4. The van der Waals surface area contributed by atoms with Crippen molar-refractivity contribution in [3.63, 3.8) is 0 Å². The van der Waals surface area contributed by atoms with Crippen LogP contribution >= 0.6 is 15.9 Å². The van der Waals surface area contributed by atoms with Crippen molar-refractivity contribution in [2.45, 2.75) is 6.92 Å². The van der Waals surface area contributed by atoms with Crippen molar-refractivity contribution in [1.82, 2.24) is 0 Å². The summed E-state index contributed by atoms with van der Waals surface area (Å²) in [5.41, 5.74) is 1.35. The molecule has 0 spiro atoms. The third kappa shape index (κ3) is 2.51. The van der Waals surface area contributed by atoms with E-state index in [9.17, 15) is 9.59 Å². The molecule has 2 aromatic rings. The van der Waals surface area contributed by atoms with Crippen molar-refractivity contribution in [2.75, 3.05) is 5.32 Å². The van der Waals surface area contributed by atoms with Crippen LogP contribution in [-0.2, 0) is 0 Å². The van der Waals surface area contributed by atoms with Gasteiger partial charge in [-0.3, -0.25) is 9.59 Å². The van der Waals surface area contributed by atoms with E-state index in [4.69, 9.17) is 4.42 Å². The number of halogens is 1. The maximum Gasteiger partial charge on any atom is 0.260 e. The van der Waals surface area contributed by atoms with Crippen LogP contribution in [0, 0.1) is 0 Å². The fourth-order valence-corrected chi connectivity index (χ4v) is 1.96. The van der Waals surface area contributed by atoms with Gasteiger partial charge in [-0.1, -0.05) is 12.1 Å². The zero-order valence-corrected chi connectivity index (χ0v) is 11.2. The van der Waals surface area contributed by atoms with Crippen LogP contribution in [0.1, 0.15) is 27.6 Å². The summed E-state index contributed by atoms with van der Waals surface area (Å²) in [5.74, 6) is -0.429. The molecule has 0 unspecified atom stereocenters. The van der Waals surface area contributed by atoms with E-state index < -0.39 is 0 Å². The van der Waals surface area contributed by atoms with Crippen molar-refractivity contribution in [1.29, 1.82) is 0 Å². The quantitative estimate of drug-likeness (QED) is 0.883. The lowest BCUT2D eigenvalue weighted by Gasteiger charge is -2.07. The van der Waals surface area contributed by atoms with E-state index in [0.717, 1.165) is 0 Å². The lowest BCUT2D eigenvalue weighted by atomic mass is 10.1. The second-order valence-electron chi connectivity index (χ2n) is 3.66. The smallest absolute Gasteiger partial charge is 0.260 e. The molecule has 5 heteroatoms. The Hall–Kier alpha value is -1.88. The first kappa shape index (κ1) is 12.6. The summed E-state index contributed by atoms with van der Waals surface area (Å²) in [6, 6.07) is 8.41. The summed E-state index contributed by atoms with van der Waals surface area (Å²) in [6.07, 6.45) is 1.41. The van der Waals surface area contributed by atoms with Crippen LogP contribution in [0.5, 0.6) is 0 Å². The molecular formula is C13H10BrNO3. The predicted molar refractivity (Wildman–Crippen MR) is 70.8 cm³/mol. The fraction of sp³-hybridized carbons (Fsp3) is 0.0769. The first-order valence-corrected chi connectivity index (χ1v) is 6.03. The Kier molecular flexibility index (Phi) is 3.62. The monoisotopic (exact) mass is 307 g/mol. The molecule has 0 bridgehead atoms. The van der Waals surface area contributed by atoms with E-state index in [0.29, 0.717) is 21.5 Å². The van der Waals surface area contributed by atoms with Gasteiger partial charge in [-0.15, -0.1) is 0 Å². The summed E-state index contributed by atoms with van der Waals surface area (Å²) < 4.78 is 5.35. The molecule has 92 valence electrons. The number of hydrogen-bond acceptors (Lipinski definition) is 3. The van der Waals surface area contributed by atoms with Crippen molar-refractivity contribution in [3.8, 4) is 0 Å². The number of ketones is 1. The van der Waals surface area contributed by atoms with E-state index in [2.05, 4.69) is 21.2 Å². The van der Waals surface area contributed by atoms with Crippen LogP contribution in [0.4, 0.5) is 5.69 Å². The Labute approximate surface area is 112 Å². The number of benzene rings is 1. The Morgan fingerprint density at radius 3 is 2.50 bits per heavy atom. The highest BCUT2D eigenvalue weighted by Gasteiger charge is 2.15. The number of rotatable bonds is 3. The van der Waals surface area contributed by atoms with E-state index in [-0.39, 0.29) is 11.7 Å². The van der Waals surface area contributed by atoms with Crippen molar-refractivity contribution >= 4 is 33.3 Å². The maximum absolute atomic E-state index is 12.0. The molecule has 0 atom stereocenters. The Morgan fingerprint density at radius 1 is 1.17 bits per heavy atom. The molecule has 2 rings (SSSR count). The first-order valence-electron chi connectivity index (χ1n) is 5.24. The molecule has 0 aliphatic carbocycles. The number of anilines is 1. The minimum atomic E-state index is -0.329. The van der Waals surface area contributed by atoms with Crippen LogP contribution in [0.25, 0.3) is 0 Å². The number of hydrogen-bond donors (Lipinski definition) is 1. The number of carbonyl (C=O) groups excluding carboxylic acids is 2.